The van der Waals surface area contributed by atoms with Crippen LogP contribution in [0.1, 0.15) is 23.1 Å². The number of rotatable bonds is 3. The Bertz CT molecular complexity index is 332. The summed E-state index contributed by atoms with van der Waals surface area (Å²) in [6.07, 6.45) is 0.862. The molecule has 1 aromatic carbocycles. The Hall–Kier alpha value is -0.600. The van der Waals surface area contributed by atoms with Gasteiger partial charge in [-0.1, -0.05) is 34.6 Å². The molecule has 0 atom stereocenters. The van der Waals surface area contributed by atoms with Crippen LogP contribution in [-0.2, 0) is 0 Å². The summed E-state index contributed by atoms with van der Waals surface area (Å²) in [4.78, 5) is 0. The Morgan fingerprint density at radius 2 is 1.86 bits per heavy atom. The molecule has 0 fully saturated rings. The number of hydrogen-bond acceptors (Lipinski definition) is 1. The summed E-state index contributed by atoms with van der Waals surface area (Å²) in [5.74, 6) is 0. The first-order chi connectivity index (χ1) is 6.56. The van der Waals surface area contributed by atoms with E-state index in [0.717, 1.165) is 12.0 Å². The molecule has 76 valence electrons. The van der Waals surface area contributed by atoms with Gasteiger partial charge in [-0.2, -0.15) is 0 Å². The summed E-state index contributed by atoms with van der Waals surface area (Å²) in [7, 11) is 0. The zero-order valence-corrected chi connectivity index (χ0v) is 10.3. The molecule has 0 saturated heterocycles. The van der Waals surface area contributed by atoms with Crippen LogP contribution in [0, 0.1) is 13.8 Å². The van der Waals surface area contributed by atoms with Gasteiger partial charge in [0.15, 0.2) is 0 Å². The predicted molar refractivity (Wildman–Crippen MR) is 66.3 cm³/mol. The Morgan fingerprint density at radius 3 is 2.29 bits per heavy atom. The van der Waals surface area contributed by atoms with Crippen LogP contribution >= 0.6 is 15.9 Å². The highest BCUT2D eigenvalue weighted by atomic mass is 79.9. The molecule has 1 rings (SSSR count). The van der Waals surface area contributed by atoms with Crippen LogP contribution in [0.25, 0.3) is 5.57 Å². The second kappa shape index (κ2) is 4.76. The lowest BCUT2D eigenvalue weighted by molar-refractivity contribution is 1.02. The molecule has 0 aliphatic heterocycles. The molecule has 2 heteroatoms. The normalized spacial score (nSPS) is 10.3. The van der Waals surface area contributed by atoms with Crippen molar-refractivity contribution in [2.24, 2.45) is 5.73 Å². The molecule has 0 radical (unpaired) electrons. The smallest absolute Gasteiger partial charge is 0.0234 e. The van der Waals surface area contributed by atoms with E-state index in [4.69, 9.17) is 5.73 Å². The minimum Gasteiger partial charge on any atom is -0.330 e. The molecule has 0 heterocycles. The SMILES string of the molecule is C=C(CCN)c1cc(C)c(Br)c(C)c1. The maximum absolute atomic E-state index is 5.50. The Kier molecular flexibility index (Phi) is 3.90. The number of hydrogen-bond donors (Lipinski definition) is 1. The first kappa shape index (κ1) is 11.5. The van der Waals surface area contributed by atoms with Gasteiger partial charge in [0.1, 0.15) is 0 Å². The lowest BCUT2D eigenvalue weighted by atomic mass is 10.00. The highest BCUT2D eigenvalue weighted by molar-refractivity contribution is 9.10. The molecule has 0 aliphatic rings. The standard InChI is InChI=1S/C12H16BrN/c1-8(4-5-14)11-6-9(2)12(13)10(3)7-11/h6-7H,1,4-5,14H2,2-3H3. The van der Waals surface area contributed by atoms with Crippen LogP contribution in [0.15, 0.2) is 23.2 Å². The molecular weight excluding hydrogens is 238 g/mol. The van der Waals surface area contributed by atoms with Crippen molar-refractivity contribution in [2.45, 2.75) is 20.3 Å². The average Bonchev–Trinajstić information content (AvgIpc) is 2.13. The van der Waals surface area contributed by atoms with E-state index >= 15 is 0 Å². The van der Waals surface area contributed by atoms with E-state index in [9.17, 15) is 0 Å². The third-order valence-corrected chi connectivity index (χ3v) is 3.54. The van der Waals surface area contributed by atoms with Crippen molar-refractivity contribution < 1.29 is 0 Å². The van der Waals surface area contributed by atoms with Gasteiger partial charge in [-0.25, -0.2) is 0 Å². The highest BCUT2D eigenvalue weighted by Gasteiger charge is 2.04. The monoisotopic (exact) mass is 253 g/mol. The van der Waals surface area contributed by atoms with Gasteiger partial charge in [-0.3, -0.25) is 0 Å². The molecule has 0 spiro atoms. The second-order valence-corrected chi connectivity index (χ2v) is 4.36. The van der Waals surface area contributed by atoms with Gasteiger partial charge in [-0.05, 0) is 49.1 Å². The molecule has 2 N–H and O–H groups in total. The van der Waals surface area contributed by atoms with Crippen molar-refractivity contribution in [3.8, 4) is 0 Å². The number of benzene rings is 1. The van der Waals surface area contributed by atoms with E-state index < -0.39 is 0 Å². The molecular formula is C12H16BrN. The zero-order valence-electron chi connectivity index (χ0n) is 8.73. The van der Waals surface area contributed by atoms with Gasteiger partial charge in [0, 0.05) is 4.47 Å². The van der Waals surface area contributed by atoms with E-state index in [2.05, 4.69) is 48.5 Å². The van der Waals surface area contributed by atoms with Gasteiger partial charge in [0.05, 0.1) is 0 Å². The Labute approximate surface area is 94.1 Å². The third kappa shape index (κ3) is 2.46. The molecule has 1 nitrogen and oxygen atoms in total. The van der Waals surface area contributed by atoms with E-state index in [0.29, 0.717) is 6.54 Å². The van der Waals surface area contributed by atoms with Gasteiger partial charge in [0.2, 0.25) is 0 Å². The third-order valence-electron chi connectivity index (χ3n) is 2.29. The van der Waals surface area contributed by atoms with E-state index in [1.807, 2.05) is 0 Å². The van der Waals surface area contributed by atoms with Gasteiger partial charge in [-0.15, -0.1) is 0 Å². The van der Waals surface area contributed by atoms with Crippen molar-refractivity contribution >= 4 is 21.5 Å². The molecule has 0 bridgehead atoms. The lowest BCUT2D eigenvalue weighted by Crippen LogP contribution is -1.99. The van der Waals surface area contributed by atoms with Crippen molar-refractivity contribution in [2.75, 3.05) is 6.54 Å². The van der Waals surface area contributed by atoms with Gasteiger partial charge >= 0.3 is 0 Å². The fourth-order valence-electron chi connectivity index (χ4n) is 1.47. The topological polar surface area (TPSA) is 26.0 Å². The van der Waals surface area contributed by atoms with Crippen LogP contribution in [0.5, 0.6) is 0 Å². The van der Waals surface area contributed by atoms with Crippen LogP contribution in [0.2, 0.25) is 0 Å². The average molecular weight is 254 g/mol. The van der Waals surface area contributed by atoms with Crippen molar-refractivity contribution in [1.82, 2.24) is 0 Å². The quantitative estimate of drug-likeness (QED) is 0.878. The minimum absolute atomic E-state index is 0.660. The molecule has 0 amide bonds. The van der Waals surface area contributed by atoms with Gasteiger partial charge < -0.3 is 5.73 Å². The van der Waals surface area contributed by atoms with Gasteiger partial charge in [0.25, 0.3) is 0 Å². The van der Waals surface area contributed by atoms with Crippen molar-refractivity contribution in [1.29, 1.82) is 0 Å². The second-order valence-electron chi connectivity index (χ2n) is 3.57. The molecule has 0 aromatic heterocycles. The van der Waals surface area contributed by atoms with Crippen LogP contribution < -0.4 is 5.73 Å². The molecule has 0 unspecified atom stereocenters. The largest absolute Gasteiger partial charge is 0.330 e. The predicted octanol–water partition coefficient (Wildman–Crippen LogP) is 3.43. The summed E-state index contributed by atoms with van der Waals surface area (Å²) in [6.45, 7) is 8.88. The first-order valence-electron chi connectivity index (χ1n) is 4.71. The molecule has 0 aliphatic carbocycles. The molecule has 1 aromatic rings. The van der Waals surface area contributed by atoms with Crippen LogP contribution in [-0.4, -0.2) is 6.54 Å². The molecule has 14 heavy (non-hydrogen) atoms. The first-order valence-corrected chi connectivity index (χ1v) is 5.50. The van der Waals surface area contributed by atoms with Crippen LogP contribution in [0.4, 0.5) is 0 Å². The Balaban J connectivity index is 3.06. The number of nitrogens with two attached hydrogens (primary N) is 1. The fraction of sp³-hybridized carbons (Fsp3) is 0.333. The van der Waals surface area contributed by atoms with E-state index in [1.54, 1.807) is 0 Å². The maximum atomic E-state index is 5.50. The van der Waals surface area contributed by atoms with E-state index in [-0.39, 0.29) is 0 Å². The summed E-state index contributed by atoms with van der Waals surface area (Å²) < 4.78 is 1.18. The lowest BCUT2D eigenvalue weighted by Gasteiger charge is -2.09. The summed E-state index contributed by atoms with van der Waals surface area (Å²) in [5.41, 5.74) is 10.3. The number of halogens is 1. The summed E-state index contributed by atoms with van der Waals surface area (Å²) in [5, 5.41) is 0. The summed E-state index contributed by atoms with van der Waals surface area (Å²) in [6, 6.07) is 4.30. The highest BCUT2D eigenvalue weighted by Crippen LogP contribution is 2.26. The molecule has 0 saturated carbocycles. The van der Waals surface area contributed by atoms with Crippen LogP contribution in [0.3, 0.4) is 0 Å². The van der Waals surface area contributed by atoms with Crippen molar-refractivity contribution in [3.05, 3.63) is 39.9 Å². The van der Waals surface area contributed by atoms with E-state index in [1.165, 1.54) is 21.2 Å². The minimum atomic E-state index is 0.660. The fourth-order valence-corrected chi connectivity index (χ4v) is 1.70. The summed E-state index contributed by atoms with van der Waals surface area (Å²) >= 11 is 3.55. The Morgan fingerprint density at radius 1 is 1.36 bits per heavy atom. The zero-order chi connectivity index (χ0) is 10.7. The maximum Gasteiger partial charge on any atom is 0.0234 e. The number of aryl methyl sites for hydroxylation is 2. The van der Waals surface area contributed by atoms with Crippen molar-refractivity contribution in [3.63, 3.8) is 0 Å².